The van der Waals surface area contributed by atoms with Crippen LogP contribution in [0, 0.1) is 0 Å². The van der Waals surface area contributed by atoms with E-state index in [1.807, 2.05) is 223 Å². The highest BCUT2D eigenvalue weighted by Gasteiger charge is 2.45. The van der Waals surface area contributed by atoms with Crippen LogP contribution in [0.4, 0.5) is 9.59 Å². The summed E-state index contributed by atoms with van der Waals surface area (Å²) in [4.78, 5) is 160. The summed E-state index contributed by atoms with van der Waals surface area (Å²) < 4.78 is 32.5. The summed E-state index contributed by atoms with van der Waals surface area (Å²) in [5.74, 6) is -8.28. The number of carbonyl (C=O) groups is 12. The van der Waals surface area contributed by atoms with Crippen molar-refractivity contribution in [3.05, 3.63) is 325 Å². The van der Waals surface area contributed by atoms with Gasteiger partial charge in [-0.2, -0.15) is 0 Å². The first-order chi connectivity index (χ1) is 70.0. The highest BCUT2D eigenvalue weighted by molar-refractivity contribution is 9.10. The number of aliphatic hydroxyl groups is 3. The number of carbonyl (C=O) groups excluding carboxylic acids is 11. The lowest BCUT2D eigenvalue weighted by molar-refractivity contribution is -0.183. The molecule has 0 saturated heterocycles. The second-order valence-electron chi connectivity index (χ2n) is 35.1. The van der Waals surface area contributed by atoms with Crippen LogP contribution < -0.4 is 32.7 Å². The number of amides is 7. The number of hydrogen-bond donors (Lipinski definition) is 10. The Morgan fingerprint density at radius 2 is 0.667 bits per heavy atom. The molecule has 147 heavy (non-hydrogen) atoms. The molecular formula is C104H115Br2N9O22S10. The lowest BCUT2D eigenvalue weighted by Gasteiger charge is -2.28. The van der Waals surface area contributed by atoms with Crippen molar-refractivity contribution < 1.29 is 106 Å². The minimum Gasteiger partial charge on any atom is -0.478 e. The largest absolute Gasteiger partial charge is 0.478 e. The minimum absolute atomic E-state index is 0.182. The second kappa shape index (κ2) is 58.0. The van der Waals surface area contributed by atoms with E-state index >= 15 is 0 Å². The number of carboxylic acids is 1. The summed E-state index contributed by atoms with van der Waals surface area (Å²) in [6.45, 7) is 19.8. The smallest absolute Gasteiger partial charge is 0.407 e. The maximum atomic E-state index is 13.4. The molecule has 3 aromatic carbocycles. The predicted molar refractivity (Wildman–Crippen MR) is 581 cm³/mol. The average Bonchev–Trinajstić information content (AvgIpc) is 1.67. The third-order valence-electron chi connectivity index (χ3n) is 20.9. The van der Waals surface area contributed by atoms with Crippen molar-refractivity contribution in [1.82, 2.24) is 36.0 Å². The van der Waals surface area contributed by atoms with Crippen LogP contribution in [0.3, 0.4) is 0 Å². The molecule has 43 heteroatoms. The number of thiophene rings is 10. The lowest BCUT2D eigenvalue weighted by atomic mass is 10.1. The van der Waals surface area contributed by atoms with Gasteiger partial charge in [0.2, 0.25) is 24.4 Å². The number of ether oxygens (including phenoxy) is 6. The number of rotatable bonds is 31. The van der Waals surface area contributed by atoms with Crippen LogP contribution >= 0.6 is 145 Å². The number of benzene rings is 3. The molecule has 12 N–H and O–H groups in total. The van der Waals surface area contributed by atoms with Crippen molar-refractivity contribution in [1.29, 1.82) is 0 Å². The predicted octanol–water partition coefficient (Wildman–Crippen LogP) is 18.5. The van der Waals surface area contributed by atoms with Crippen molar-refractivity contribution in [2.45, 2.75) is 221 Å². The zero-order chi connectivity index (χ0) is 107. The molecule has 0 spiro atoms. The molecule has 782 valence electrons. The number of aliphatic carboxylic acids is 1. The Labute approximate surface area is 908 Å². The van der Waals surface area contributed by atoms with Gasteiger partial charge in [0, 0.05) is 168 Å². The molecule has 7 amide bonds. The fourth-order valence-corrected chi connectivity index (χ4v) is 23.3. The van der Waals surface area contributed by atoms with E-state index in [4.69, 9.17) is 35.2 Å². The lowest BCUT2D eigenvalue weighted by Crippen LogP contribution is -2.53. The minimum atomic E-state index is -1.90. The molecule has 16 rings (SSSR count). The normalized spacial score (nSPS) is 13.4. The molecule has 3 aliphatic heterocycles. The maximum Gasteiger partial charge on any atom is 0.407 e. The van der Waals surface area contributed by atoms with Gasteiger partial charge < -0.3 is 96.3 Å². The summed E-state index contributed by atoms with van der Waals surface area (Å²) in [7, 11) is 0. The number of nitrogens with one attached hydrogen (secondary N) is 4. The number of alkyl carbamates (subject to hydrolysis) is 2. The number of nitrogens with zero attached hydrogens (tertiary/aromatic N) is 3. The van der Waals surface area contributed by atoms with Crippen molar-refractivity contribution in [3.63, 3.8) is 0 Å². The van der Waals surface area contributed by atoms with Gasteiger partial charge in [0.15, 0.2) is 12.2 Å². The number of nitrogens with two attached hydrogens (primary N) is 2. The summed E-state index contributed by atoms with van der Waals surface area (Å²) in [6, 6.07) is 51.0. The van der Waals surface area contributed by atoms with E-state index in [1.165, 1.54) is 90.0 Å². The van der Waals surface area contributed by atoms with E-state index in [1.54, 1.807) is 56.7 Å². The summed E-state index contributed by atoms with van der Waals surface area (Å²) in [5, 5.41) is 70.9. The topological polar surface area (TPSA) is 451 Å². The Kier molecular flexibility index (Phi) is 46.4. The highest BCUT2D eigenvalue weighted by atomic mass is 79.9. The monoisotopic (exact) mass is 2320 g/mol. The fraction of sp³-hybridized carbons (Fsp3) is 0.327. The van der Waals surface area contributed by atoms with Gasteiger partial charge in [-0.15, -0.1) is 113 Å². The van der Waals surface area contributed by atoms with Gasteiger partial charge in [0.05, 0.1) is 26.2 Å². The third kappa shape index (κ3) is 39.3. The number of fused-ring (bicyclic) bond motifs is 3. The van der Waals surface area contributed by atoms with E-state index < -0.39 is 119 Å². The summed E-state index contributed by atoms with van der Waals surface area (Å²) in [5.41, 5.74) is 20.3. The van der Waals surface area contributed by atoms with Crippen LogP contribution in [0.2, 0.25) is 0 Å². The van der Waals surface area contributed by atoms with Crippen LogP contribution in [-0.2, 0) is 174 Å². The van der Waals surface area contributed by atoms with E-state index in [0.29, 0.717) is 52.4 Å². The van der Waals surface area contributed by atoms with Gasteiger partial charge in [0.1, 0.15) is 17.3 Å². The van der Waals surface area contributed by atoms with Gasteiger partial charge in [-0.05, 0) is 233 Å². The number of carboxylic acid groups (broad SMARTS) is 1. The molecular weight excluding hydrogens is 2210 g/mol. The zero-order valence-corrected chi connectivity index (χ0v) is 93.2. The highest BCUT2D eigenvalue weighted by Crippen LogP contribution is 2.34. The van der Waals surface area contributed by atoms with Crippen LogP contribution in [0.1, 0.15) is 180 Å². The van der Waals surface area contributed by atoms with Gasteiger partial charge >= 0.3 is 42.0 Å². The van der Waals surface area contributed by atoms with Gasteiger partial charge in [0.25, 0.3) is 29.5 Å². The molecule has 13 heterocycles. The van der Waals surface area contributed by atoms with Crippen LogP contribution in [0.15, 0.2) is 220 Å². The van der Waals surface area contributed by atoms with Crippen LogP contribution in [0.5, 0.6) is 0 Å². The first kappa shape index (κ1) is 118. The standard InChI is InChI=1S/C26H26N2O6S2.C22H22N2O4S2.C16H17NO7.C15H19NO3S2.C10H14BrNO2S.C10H11NS2.C5H6BrNS/c1-16(29)33-23(25(31)27-12-22-11-18(15-36-22)10-21-8-5-9-35-21)24(34-17(2)30)26(32)28-13-19-6-3-4-7-20(19)14-28;25-19(20(26)22(28)24-11-15-4-1-2-5-16(15)12-24)21(27)23-10-18-9-14(13-30-18)8-17-6-3-7-29-17;1-9(18)23-13(14(16(21)22)24-10(2)19)15(20)17-7-11-5-3-4-6-12(11)8-17;1-15(2,3)19-14(18)16-8-11-7-10(9-21-11)13(17)12-5-4-6-20-12;1-10(2,3)14-9(13)12-5-8-4-7(11)6-15-8;11-6-10-5-8(7-13-10)4-9-2-1-3-12-9;6-4-1-5(2-7)8-3-4/h3-9,11,15,23-24H,10,12-14H2,1-2H3,(H,27,31);1-7,9,13,19-20,25-26H,8,10-12H2,(H,23,27);3-6,13-14H,7-8H2,1-2H3,(H,21,22);4-7,9,13,17H,8H2,1-3H3,(H,16,18);4,6H,5H2,1-3H3,(H,12,13);1-3,5,7H,4,6,11H2;1,3H,2,7H2/t23-,24-;19-,20-;13-,14-;;;;/m111..../s1. The molecule has 0 aliphatic carbocycles. The van der Waals surface area contributed by atoms with Crippen molar-refractivity contribution >= 4 is 217 Å². The van der Waals surface area contributed by atoms with Crippen LogP contribution in [0.25, 0.3) is 0 Å². The Morgan fingerprint density at radius 3 is 1.01 bits per heavy atom. The van der Waals surface area contributed by atoms with Gasteiger partial charge in [-0.25, -0.2) is 14.4 Å². The van der Waals surface area contributed by atoms with E-state index in [-0.39, 0.29) is 32.3 Å². The average molecular weight is 2320 g/mol. The molecule has 7 atom stereocenters. The Bertz CT molecular complexity index is 6410. The number of halogens is 2. The quantitative estimate of drug-likeness (QED) is 0.0142. The second-order valence-corrected chi connectivity index (χ2v) is 46.9. The summed E-state index contributed by atoms with van der Waals surface area (Å²) in [6.07, 6.45) is -9.18. The fourth-order valence-electron chi connectivity index (χ4n) is 14.3. The Balaban J connectivity index is 0.000000183. The maximum absolute atomic E-state index is 13.4. The van der Waals surface area contributed by atoms with E-state index in [9.17, 15) is 78.0 Å². The number of hydrogen-bond acceptors (Lipinski definition) is 33. The summed E-state index contributed by atoms with van der Waals surface area (Å²) >= 11 is 22.9. The van der Waals surface area contributed by atoms with E-state index in [0.717, 1.165) is 130 Å². The third-order valence-corrected chi connectivity index (χ3v) is 31.8. The van der Waals surface area contributed by atoms with Gasteiger partial charge in [-0.1, -0.05) is 97.1 Å². The number of aliphatic hydroxyl groups excluding tert-OH is 3. The number of esters is 4. The first-order valence-electron chi connectivity index (χ1n) is 45.8. The molecule has 0 bridgehead atoms. The van der Waals surface area contributed by atoms with Crippen molar-refractivity contribution in [2.75, 3.05) is 0 Å². The molecule has 13 aromatic rings. The molecule has 31 nitrogen and oxygen atoms in total. The molecule has 10 aromatic heterocycles. The van der Waals surface area contributed by atoms with E-state index in [2.05, 4.69) is 99.0 Å². The van der Waals surface area contributed by atoms with Crippen molar-refractivity contribution in [3.8, 4) is 0 Å². The molecule has 0 fully saturated rings. The molecule has 1 unspecified atom stereocenters. The first-order valence-corrected chi connectivity index (χ1v) is 56.2. The van der Waals surface area contributed by atoms with Crippen LogP contribution in [-0.4, -0.2) is 155 Å². The zero-order valence-electron chi connectivity index (χ0n) is 81.9. The van der Waals surface area contributed by atoms with Crippen molar-refractivity contribution in [2.24, 2.45) is 11.5 Å². The molecule has 3 aliphatic rings. The Hall–Kier alpha value is -11.3. The molecule has 0 radical (unpaired) electrons. The Morgan fingerprint density at radius 1 is 0.354 bits per heavy atom. The van der Waals surface area contributed by atoms with Gasteiger partial charge in [-0.3, -0.25) is 43.2 Å². The molecule has 0 saturated carbocycles. The SMILES string of the molecule is CC(=O)O[C@@H](C(=O)NCc1cc(Cc2cccs2)cs1)[C@@H](OC(C)=O)C(=O)N1Cc2ccccc2C1.CC(=O)O[C@@H](C(=O)O)[C@@H](OC(C)=O)C(=O)N1Cc2ccccc2C1.CC(C)(C)OC(=O)NCc1cc(Br)cs1.CC(C)(C)OC(=O)NCc1cc(C(O)c2cccs2)cs1.NCc1cc(Br)cs1.NCc1cc(Cc2cccs2)cs1.O=C(NCc1cc(Cc2cccs2)cs1)[C@H](O)[C@@H](O)C(=O)N1Cc2ccccc2C1.